The van der Waals surface area contributed by atoms with Crippen molar-refractivity contribution >= 4 is 23.4 Å². The quantitative estimate of drug-likeness (QED) is 0.675. The number of hydrogen-bond donors (Lipinski definition) is 2. The van der Waals surface area contributed by atoms with Crippen LogP contribution in [0.25, 0.3) is 0 Å². The van der Waals surface area contributed by atoms with Gasteiger partial charge in [0.1, 0.15) is 5.88 Å². The van der Waals surface area contributed by atoms with Crippen LogP contribution in [0.1, 0.15) is 19.3 Å². The van der Waals surface area contributed by atoms with Crippen LogP contribution in [0.4, 0.5) is 0 Å². The molecule has 5 nitrogen and oxygen atoms in total. The Balaban J connectivity index is 2.08. The molecule has 1 fully saturated rings. The molecule has 1 rings (SSSR count). The molecule has 0 bridgehead atoms. The van der Waals surface area contributed by atoms with Crippen molar-refractivity contribution in [1.29, 1.82) is 0 Å². The molecule has 2 N–H and O–H groups in total. The van der Waals surface area contributed by atoms with Crippen molar-refractivity contribution < 1.29 is 14.3 Å². The Hall–Kier alpha value is -0.810. The number of carbonyl (C=O) groups is 2. The van der Waals surface area contributed by atoms with Crippen LogP contribution in [0.5, 0.6) is 0 Å². The topological polar surface area (TPSA) is 67.4 Å². The zero-order chi connectivity index (χ0) is 11.8. The number of rotatable bonds is 5. The van der Waals surface area contributed by atoms with Crippen molar-refractivity contribution in [3.63, 3.8) is 0 Å². The summed E-state index contributed by atoms with van der Waals surface area (Å²) in [7, 11) is 0. The molecule has 1 aliphatic rings. The maximum Gasteiger partial charge on any atom is 0.234 e. The molecule has 0 aromatic rings. The maximum atomic E-state index is 11.4. The minimum absolute atomic E-state index is 0.0400. The van der Waals surface area contributed by atoms with Crippen molar-refractivity contribution in [2.75, 3.05) is 25.6 Å². The van der Waals surface area contributed by atoms with Crippen LogP contribution in [-0.2, 0) is 14.3 Å². The van der Waals surface area contributed by atoms with Crippen LogP contribution in [-0.4, -0.2) is 43.5 Å². The molecule has 0 atom stereocenters. The number of ether oxygens (including phenoxy) is 1. The molecule has 1 aliphatic heterocycles. The van der Waals surface area contributed by atoms with Gasteiger partial charge in [-0.1, -0.05) is 0 Å². The highest BCUT2D eigenvalue weighted by Gasteiger charge is 2.15. The van der Waals surface area contributed by atoms with E-state index in [2.05, 4.69) is 10.6 Å². The molecule has 0 saturated carbocycles. The van der Waals surface area contributed by atoms with E-state index in [4.69, 9.17) is 16.3 Å². The Morgan fingerprint density at radius 2 is 1.94 bits per heavy atom. The number of hydrogen-bond acceptors (Lipinski definition) is 3. The molecule has 16 heavy (non-hydrogen) atoms. The van der Waals surface area contributed by atoms with Crippen molar-refractivity contribution in [3.05, 3.63) is 0 Å². The van der Waals surface area contributed by atoms with Crippen LogP contribution in [0.15, 0.2) is 0 Å². The normalized spacial score (nSPS) is 16.8. The smallest absolute Gasteiger partial charge is 0.234 e. The first-order chi connectivity index (χ1) is 7.72. The number of amides is 2. The minimum atomic E-state index is -0.250. The summed E-state index contributed by atoms with van der Waals surface area (Å²) in [6.45, 7) is 1.74. The van der Waals surface area contributed by atoms with Gasteiger partial charge >= 0.3 is 0 Å². The second-order valence-electron chi connectivity index (χ2n) is 3.69. The average molecular weight is 249 g/mol. The van der Waals surface area contributed by atoms with Crippen molar-refractivity contribution in [3.8, 4) is 0 Å². The van der Waals surface area contributed by atoms with Gasteiger partial charge in [0, 0.05) is 32.2 Å². The lowest BCUT2D eigenvalue weighted by Crippen LogP contribution is -2.40. The highest BCUT2D eigenvalue weighted by molar-refractivity contribution is 6.27. The third-order valence-corrected chi connectivity index (χ3v) is 2.62. The zero-order valence-electron chi connectivity index (χ0n) is 9.13. The van der Waals surface area contributed by atoms with E-state index in [1.807, 2.05) is 0 Å². The molecule has 0 unspecified atom stereocenters. The maximum absolute atomic E-state index is 11.4. The number of nitrogens with one attached hydrogen (secondary N) is 2. The predicted molar refractivity (Wildman–Crippen MR) is 60.3 cm³/mol. The average Bonchev–Trinajstić information content (AvgIpc) is 2.30. The van der Waals surface area contributed by atoms with Crippen LogP contribution >= 0.6 is 11.6 Å². The van der Waals surface area contributed by atoms with Gasteiger partial charge in [-0.2, -0.15) is 0 Å². The third-order valence-electron chi connectivity index (χ3n) is 2.38. The molecule has 6 heteroatoms. The van der Waals surface area contributed by atoms with Gasteiger partial charge in [0.05, 0.1) is 0 Å². The van der Waals surface area contributed by atoms with E-state index >= 15 is 0 Å². The SMILES string of the molecule is O=C(CCl)NCCC(=O)NC1CCOCC1. The summed E-state index contributed by atoms with van der Waals surface area (Å²) in [6.07, 6.45) is 2.01. The largest absolute Gasteiger partial charge is 0.381 e. The van der Waals surface area contributed by atoms with Gasteiger partial charge in [0.15, 0.2) is 0 Å². The molecule has 2 amide bonds. The third kappa shape index (κ3) is 5.32. The first-order valence-electron chi connectivity index (χ1n) is 5.42. The highest BCUT2D eigenvalue weighted by atomic mass is 35.5. The summed E-state index contributed by atoms with van der Waals surface area (Å²) in [5, 5.41) is 5.45. The lowest BCUT2D eigenvalue weighted by atomic mass is 10.1. The Kier molecular flexibility index (Phi) is 6.18. The van der Waals surface area contributed by atoms with E-state index in [-0.39, 0.29) is 23.7 Å². The fourth-order valence-corrected chi connectivity index (χ4v) is 1.60. The first-order valence-corrected chi connectivity index (χ1v) is 5.95. The summed E-state index contributed by atoms with van der Waals surface area (Å²) >= 11 is 5.30. The second-order valence-corrected chi connectivity index (χ2v) is 3.96. The lowest BCUT2D eigenvalue weighted by Gasteiger charge is -2.23. The van der Waals surface area contributed by atoms with Crippen molar-refractivity contribution in [2.45, 2.75) is 25.3 Å². The van der Waals surface area contributed by atoms with Gasteiger partial charge in [0.2, 0.25) is 11.8 Å². The Morgan fingerprint density at radius 1 is 1.25 bits per heavy atom. The Morgan fingerprint density at radius 3 is 2.56 bits per heavy atom. The van der Waals surface area contributed by atoms with Gasteiger partial charge in [-0.15, -0.1) is 11.6 Å². The first kappa shape index (κ1) is 13.3. The molecule has 0 aromatic heterocycles. The molecule has 0 spiro atoms. The van der Waals surface area contributed by atoms with Gasteiger partial charge in [-0.05, 0) is 12.8 Å². The summed E-state index contributed by atoms with van der Waals surface area (Å²) in [5.41, 5.74) is 0. The minimum Gasteiger partial charge on any atom is -0.381 e. The van der Waals surface area contributed by atoms with Crippen LogP contribution < -0.4 is 10.6 Å². The van der Waals surface area contributed by atoms with Crippen LogP contribution in [0, 0.1) is 0 Å². The Bertz CT molecular complexity index is 242. The second kappa shape index (κ2) is 7.46. The van der Waals surface area contributed by atoms with Crippen LogP contribution in [0.2, 0.25) is 0 Å². The highest BCUT2D eigenvalue weighted by Crippen LogP contribution is 2.05. The fraction of sp³-hybridized carbons (Fsp3) is 0.800. The molecular formula is C10H17ClN2O3. The van der Waals surface area contributed by atoms with Gasteiger partial charge < -0.3 is 15.4 Å². The summed E-state index contributed by atoms with van der Waals surface area (Å²) in [5.74, 6) is -0.357. The lowest BCUT2D eigenvalue weighted by molar-refractivity contribution is -0.122. The molecule has 1 heterocycles. The standard InChI is InChI=1S/C10H17ClN2O3/c11-7-10(15)12-4-1-9(14)13-8-2-5-16-6-3-8/h8H,1-7H2,(H,12,15)(H,13,14). The molecule has 0 aliphatic carbocycles. The van der Waals surface area contributed by atoms with Crippen molar-refractivity contribution in [2.24, 2.45) is 0 Å². The molecule has 92 valence electrons. The zero-order valence-corrected chi connectivity index (χ0v) is 9.89. The monoisotopic (exact) mass is 248 g/mol. The van der Waals surface area contributed by atoms with Crippen LogP contribution in [0.3, 0.4) is 0 Å². The van der Waals surface area contributed by atoms with Gasteiger partial charge in [-0.3, -0.25) is 9.59 Å². The van der Waals surface area contributed by atoms with E-state index in [0.717, 1.165) is 12.8 Å². The molecular weight excluding hydrogens is 232 g/mol. The number of alkyl halides is 1. The van der Waals surface area contributed by atoms with E-state index in [9.17, 15) is 9.59 Å². The van der Waals surface area contributed by atoms with Gasteiger partial charge in [0.25, 0.3) is 0 Å². The van der Waals surface area contributed by atoms with E-state index in [1.54, 1.807) is 0 Å². The van der Waals surface area contributed by atoms with Gasteiger partial charge in [-0.25, -0.2) is 0 Å². The summed E-state index contributed by atoms with van der Waals surface area (Å²) in [4.78, 5) is 22.2. The number of halogens is 1. The Labute approximate surface area is 99.9 Å². The summed E-state index contributed by atoms with van der Waals surface area (Å²) in [6, 6.07) is 0.213. The van der Waals surface area contributed by atoms with Crippen molar-refractivity contribution in [1.82, 2.24) is 10.6 Å². The summed E-state index contributed by atoms with van der Waals surface area (Å²) < 4.78 is 5.19. The van der Waals surface area contributed by atoms with E-state index in [0.29, 0.717) is 26.2 Å². The molecule has 0 aromatic carbocycles. The fourth-order valence-electron chi connectivity index (χ4n) is 1.50. The molecule has 0 radical (unpaired) electrons. The predicted octanol–water partition coefficient (Wildman–Crippen LogP) is 0.0267. The van der Waals surface area contributed by atoms with E-state index < -0.39 is 0 Å². The molecule has 1 saturated heterocycles. The van der Waals surface area contributed by atoms with E-state index in [1.165, 1.54) is 0 Å². The number of carbonyl (C=O) groups excluding carboxylic acids is 2.